The van der Waals surface area contributed by atoms with E-state index in [9.17, 15) is 0 Å². The minimum absolute atomic E-state index is 1.16. The van der Waals surface area contributed by atoms with Gasteiger partial charge in [0.15, 0.2) is 0 Å². The number of likely N-dealkylation sites (N-methyl/N-ethyl adjacent to an activating group) is 1. The van der Waals surface area contributed by atoms with Crippen molar-refractivity contribution in [2.75, 3.05) is 54.0 Å². The highest BCUT2D eigenvalue weighted by Crippen LogP contribution is 2.02. The maximum Gasteiger partial charge on any atom is 0.0504 e. The average Bonchev–Trinajstić information content (AvgIpc) is 2.35. The number of hydrogen-bond acceptors (Lipinski definition) is 3. The molecule has 0 aliphatic carbocycles. The Bertz CT molecular complexity index is 125. The van der Waals surface area contributed by atoms with Crippen LogP contribution in [0.3, 0.4) is 0 Å². The van der Waals surface area contributed by atoms with Gasteiger partial charge in [-0.15, -0.1) is 0 Å². The van der Waals surface area contributed by atoms with Gasteiger partial charge in [-0.25, -0.2) is 0 Å². The Morgan fingerprint density at radius 3 is 2.50 bits per heavy atom. The van der Waals surface area contributed by atoms with Crippen molar-refractivity contribution in [1.29, 1.82) is 0 Å². The molecule has 0 aromatic rings. The molecule has 0 aromatic heterocycles. The Morgan fingerprint density at radius 1 is 1.25 bits per heavy atom. The van der Waals surface area contributed by atoms with Crippen LogP contribution in [0.15, 0.2) is 0 Å². The summed E-state index contributed by atoms with van der Waals surface area (Å²) in [4.78, 5) is 7.14. The minimum atomic E-state index is 1.16. The molecule has 0 spiro atoms. The summed E-state index contributed by atoms with van der Waals surface area (Å²) in [5.41, 5.74) is 0. The van der Waals surface area contributed by atoms with Gasteiger partial charge in [0.25, 0.3) is 0 Å². The molecule has 0 amide bonds. The fourth-order valence-corrected chi connectivity index (χ4v) is 1.59. The van der Waals surface area contributed by atoms with Crippen molar-refractivity contribution in [2.45, 2.75) is 6.42 Å². The summed E-state index contributed by atoms with van der Waals surface area (Å²) in [6, 6.07) is 0. The Hall–Kier alpha value is -0.120. The molecule has 1 fully saturated rings. The predicted octanol–water partition coefficient (Wildman–Crippen LogP) is 0.143. The lowest BCUT2D eigenvalue weighted by Crippen LogP contribution is -2.26. The van der Waals surface area contributed by atoms with Crippen molar-refractivity contribution in [3.63, 3.8) is 0 Å². The number of nitrogens with zero attached hydrogens (tertiary/aromatic N) is 3. The molecule has 72 valence electrons. The smallest absolute Gasteiger partial charge is 0.0504 e. The van der Waals surface area contributed by atoms with Crippen LogP contribution in [0.5, 0.6) is 0 Å². The Kier molecular flexibility index (Phi) is 3.98. The molecular weight excluding hydrogens is 150 g/mol. The molecule has 3 nitrogen and oxygen atoms in total. The first-order valence-electron chi connectivity index (χ1n) is 4.74. The molecular formula is C9H21N3. The molecule has 0 unspecified atom stereocenters. The van der Waals surface area contributed by atoms with Gasteiger partial charge < -0.3 is 4.90 Å². The van der Waals surface area contributed by atoms with E-state index in [2.05, 4.69) is 35.8 Å². The van der Waals surface area contributed by atoms with Crippen molar-refractivity contribution in [3.05, 3.63) is 0 Å². The molecule has 0 bridgehead atoms. The van der Waals surface area contributed by atoms with Gasteiger partial charge in [0.2, 0.25) is 0 Å². The standard InChI is InChI=1S/C9H21N3/c1-10(2)5-4-6-12-8-7-11(3)9-12/h4-9H2,1-3H3. The van der Waals surface area contributed by atoms with E-state index in [-0.39, 0.29) is 0 Å². The Morgan fingerprint density at radius 2 is 2.00 bits per heavy atom. The summed E-state index contributed by atoms with van der Waals surface area (Å²) in [7, 11) is 6.46. The van der Waals surface area contributed by atoms with Gasteiger partial charge in [-0.1, -0.05) is 0 Å². The van der Waals surface area contributed by atoms with E-state index in [0.717, 1.165) is 6.67 Å². The molecule has 1 aliphatic rings. The van der Waals surface area contributed by atoms with Crippen molar-refractivity contribution >= 4 is 0 Å². The summed E-state index contributed by atoms with van der Waals surface area (Å²) in [5, 5.41) is 0. The van der Waals surface area contributed by atoms with Gasteiger partial charge in [-0.05, 0) is 34.1 Å². The zero-order valence-corrected chi connectivity index (χ0v) is 8.58. The second-order valence-electron chi connectivity index (χ2n) is 4.00. The Balaban J connectivity index is 2.00. The van der Waals surface area contributed by atoms with E-state index in [1.165, 1.54) is 32.6 Å². The second kappa shape index (κ2) is 4.80. The molecule has 0 atom stereocenters. The van der Waals surface area contributed by atoms with E-state index in [1.54, 1.807) is 0 Å². The van der Waals surface area contributed by atoms with Crippen LogP contribution in [-0.4, -0.2) is 68.7 Å². The van der Waals surface area contributed by atoms with Crippen LogP contribution in [0.4, 0.5) is 0 Å². The SMILES string of the molecule is CN(C)CCCN1CCN(C)C1. The first kappa shape index (κ1) is 9.96. The number of hydrogen-bond donors (Lipinski definition) is 0. The second-order valence-corrected chi connectivity index (χ2v) is 4.00. The van der Waals surface area contributed by atoms with E-state index in [0.29, 0.717) is 0 Å². The normalized spacial score (nSPS) is 21.0. The molecule has 0 aromatic carbocycles. The summed E-state index contributed by atoms with van der Waals surface area (Å²) in [6.45, 7) is 6.11. The third-order valence-corrected chi connectivity index (χ3v) is 2.32. The molecule has 1 heterocycles. The first-order valence-corrected chi connectivity index (χ1v) is 4.74. The van der Waals surface area contributed by atoms with Crippen molar-refractivity contribution in [1.82, 2.24) is 14.7 Å². The summed E-state index contributed by atoms with van der Waals surface area (Å²) in [5.74, 6) is 0. The molecule has 1 saturated heterocycles. The fourth-order valence-electron chi connectivity index (χ4n) is 1.59. The lowest BCUT2D eigenvalue weighted by molar-refractivity contribution is 0.259. The highest BCUT2D eigenvalue weighted by molar-refractivity contribution is 4.67. The zero-order chi connectivity index (χ0) is 8.97. The molecule has 12 heavy (non-hydrogen) atoms. The lowest BCUT2D eigenvalue weighted by Gasteiger charge is -2.16. The quantitative estimate of drug-likeness (QED) is 0.596. The van der Waals surface area contributed by atoms with E-state index >= 15 is 0 Å². The molecule has 1 rings (SSSR count). The number of rotatable bonds is 4. The van der Waals surface area contributed by atoms with Crippen LogP contribution in [0.25, 0.3) is 0 Å². The molecule has 1 aliphatic heterocycles. The molecule has 0 N–H and O–H groups in total. The summed E-state index contributed by atoms with van der Waals surface area (Å²) < 4.78 is 0. The zero-order valence-electron chi connectivity index (χ0n) is 8.58. The van der Waals surface area contributed by atoms with Crippen LogP contribution < -0.4 is 0 Å². The molecule has 0 radical (unpaired) electrons. The third-order valence-electron chi connectivity index (χ3n) is 2.32. The maximum atomic E-state index is 2.52. The molecule has 0 saturated carbocycles. The van der Waals surface area contributed by atoms with Gasteiger partial charge in [0.1, 0.15) is 0 Å². The van der Waals surface area contributed by atoms with Crippen LogP contribution in [0, 0.1) is 0 Å². The van der Waals surface area contributed by atoms with Crippen LogP contribution in [0.2, 0.25) is 0 Å². The lowest BCUT2D eigenvalue weighted by atomic mass is 10.4. The minimum Gasteiger partial charge on any atom is -0.309 e. The highest BCUT2D eigenvalue weighted by Gasteiger charge is 2.14. The van der Waals surface area contributed by atoms with Crippen molar-refractivity contribution in [3.8, 4) is 0 Å². The van der Waals surface area contributed by atoms with Gasteiger partial charge in [0.05, 0.1) is 6.67 Å². The fraction of sp³-hybridized carbons (Fsp3) is 1.00. The van der Waals surface area contributed by atoms with E-state index < -0.39 is 0 Å². The maximum absolute atomic E-state index is 2.52. The topological polar surface area (TPSA) is 9.72 Å². The monoisotopic (exact) mass is 171 g/mol. The van der Waals surface area contributed by atoms with Gasteiger partial charge in [-0.2, -0.15) is 0 Å². The predicted molar refractivity (Wildman–Crippen MR) is 52.2 cm³/mol. The largest absolute Gasteiger partial charge is 0.309 e. The van der Waals surface area contributed by atoms with Crippen LogP contribution >= 0.6 is 0 Å². The average molecular weight is 171 g/mol. The van der Waals surface area contributed by atoms with Gasteiger partial charge >= 0.3 is 0 Å². The summed E-state index contributed by atoms with van der Waals surface area (Å²) in [6.07, 6.45) is 1.29. The van der Waals surface area contributed by atoms with Crippen LogP contribution in [0.1, 0.15) is 6.42 Å². The van der Waals surface area contributed by atoms with E-state index in [1.807, 2.05) is 0 Å². The van der Waals surface area contributed by atoms with Crippen molar-refractivity contribution < 1.29 is 0 Å². The summed E-state index contributed by atoms with van der Waals surface area (Å²) >= 11 is 0. The van der Waals surface area contributed by atoms with Gasteiger partial charge in [-0.3, -0.25) is 9.80 Å². The van der Waals surface area contributed by atoms with Gasteiger partial charge in [0, 0.05) is 19.6 Å². The molecule has 3 heteroatoms. The van der Waals surface area contributed by atoms with Crippen molar-refractivity contribution in [2.24, 2.45) is 0 Å². The van der Waals surface area contributed by atoms with Crippen LogP contribution in [-0.2, 0) is 0 Å². The third kappa shape index (κ3) is 3.52. The first-order chi connectivity index (χ1) is 5.68. The highest BCUT2D eigenvalue weighted by atomic mass is 15.4. The van der Waals surface area contributed by atoms with E-state index in [4.69, 9.17) is 0 Å². The Labute approximate surface area is 75.9 Å².